The van der Waals surface area contributed by atoms with Crippen LogP contribution in [0, 0.1) is 5.92 Å². The highest BCUT2D eigenvalue weighted by Gasteiger charge is 2.32. The number of nitrogens with zero attached hydrogens (tertiary/aromatic N) is 2. The second-order valence-electron chi connectivity index (χ2n) is 7.23. The first kappa shape index (κ1) is 20.2. The standard InChI is InChI=1S/C21H24F3N3O/c1-25-20(28)17-13-27(14-17)12-15-6-8-19(9-7-15)26(2)11-16-4-3-5-18(10-16)21(22,23)24/h3-10,17H,11-14H2,1-2H3,(H,25,28). The molecule has 3 rings (SSSR count). The second-order valence-corrected chi connectivity index (χ2v) is 7.23. The lowest BCUT2D eigenvalue weighted by Crippen LogP contribution is -2.52. The maximum atomic E-state index is 12.9. The minimum absolute atomic E-state index is 0.0721. The fourth-order valence-electron chi connectivity index (χ4n) is 3.39. The average Bonchev–Trinajstić information content (AvgIpc) is 2.63. The van der Waals surface area contributed by atoms with Gasteiger partial charge < -0.3 is 10.2 Å². The number of hydrogen-bond donors (Lipinski definition) is 1. The van der Waals surface area contributed by atoms with Crippen LogP contribution in [0.2, 0.25) is 0 Å². The van der Waals surface area contributed by atoms with E-state index in [4.69, 9.17) is 0 Å². The maximum absolute atomic E-state index is 12.9. The molecule has 2 aromatic carbocycles. The van der Waals surface area contributed by atoms with Crippen LogP contribution in [0.4, 0.5) is 18.9 Å². The Morgan fingerprint density at radius 3 is 2.43 bits per heavy atom. The van der Waals surface area contributed by atoms with E-state index in [1.165, 1.54) is 12.1 Å². The smallest absolute Gasteiger partial charge is 0.370 e. The molecule has 0 aromatic heterocycles. The summed E-state index contributed by atoms with van der Waals surface area (Å²) in [5.74, 6) is 0.158. The number of amides is 1. The summed E-state index contributed by atoms with van der Waals surface area (Å²) < 4.78 is 38.6. The summed E-state index contributed by atoms with van der Waals surface area (Å²) >= 11 is 0. The number of anilines is 1. The topological polar surface area (TPSA) is 35.6 Å². The van der Waals surface area contributed by atoms with E-state index in [2.05, 4.69) is 10.2 Å². The Morgan fingerprint density at radius 2 is 1.82 bits per heavy atom. The number of hydrogen-bond acceptors (Lipinski definition) is 3. The second kappa shape index (κ2) is 8.22. The van der Waals surface area contributed by atoms with Crippen molar-refractivity contribution in [1.82, 2.24) is 10.2 Å². The summed E-state index contributed by atoms with van der Waals surface area (Å²) in [5, 5.41) is 2.67. The molecule has 1 amide bonds. The minimum Gasteiger partial charge on any atom is -0.370 e. The van der Waals surface area contributed by atoms with Gasteiger partial charge in [0.25, 0.3) is 0 Å². The van der Waals surface area contributed by atoms with Gasteiger partial charge in [-0.15, -0.1) is 0 Å². The van der Waals surface area contributed by atoms with E-state index in [-0.39, 0.29) is 11.8 Å². The van der Waals surface area contributed by atoms with Gasteiger partial charge in [0.1, 0.15) is 0 Å². The predicted molar refractivity (Wildman–Crippen MR) is 103 cm³/mol. The molecule has 0 aliphatic carbocycles. The van der Waals surface area contributed by atoms with Crippen LogP contribution in [0.1, 0.15) is 16.7 Å². The Balaban J connectivity index is 1.56. The quantitative estimate of drug-likeness (QED) is 0.819. The van der Waals surface area contributed by atoms with Crippen LogP contribution in [-0.2, 0) is 24.1 Å². The van der Waals surface area contributed by atoms with Gasteiger partial charge in [0.05, 0.1) is 11.5 Å². The molecule has 1 N–H and O–H groups in total. The molecule has 0 unspecified atom stereocenters. The summed E-state index contributed by atoms with van der Waals surface area (Å²) in [5.41, 5.74) is 2.07. The number of benzene rings is 2. The fourth-order valence-corrected chi connectivity index (χ4v) is 3.39. The molecule has 1 aliphatic heterocycles. The third-order valence-corrected chi connectivity index (χ3v) is 5.03. The fraction of sp³-hybridized carbons (Fsp3) is 0.381. The van der Waals surface area contributed by atoms with Gasteiger partial charge in [-0.05, 0) is 35.4 Å². The van der Waals surface area contributed by atoms with Gasteiger partial charge in [-0.3, -0.25) is 9.69 Å². The zero-order valence-corrected chi connectivity index (χ0v) is 16.0. The van der Waals surface area contributed by atoms with Crippen molar-refractivity contribution >= 4 is 11.6 Å². The van der Waals surface area contributed by atoms with Crippen molar-refractivity contribution in [3.8, 4) is 0 Å². The normalized spacial score (nSPS) is 15.2. The molecule has 1 fully saturated rings. The number of nitrogens with one attached hydrogen (secondary N) is 1. The molecule has 28 heavy (non-hydrogen) atoms. The van der Waals surface area contributed by atoms with Crippen molar-refractivity contribution in [3.63, 3.8) is 0 Å². The molecule has 0 bridgehead atoms. The maximum Gasteiger partial charge on any atom is 0.416 e. The molecule has 2 aromatic rings. The number of rotatable bonds is 6. The van der Waals surface area contributed by atoms with Gasteiger partial charge in [0.15, 0.2) is 0 Å². The first-order valence-electron chi connectivity index (χ1n) is 9.16. The van der Waals surface area contributed by atoms with Crippen LogP contribution < -0.4 is 10.2 Å². The zero-order chi connectivity index (χ0) is 20.3. The van der Waals surface area contributed by atoms with E-state index in [0.29, 0.717) is 12.1 Å². The lowest BCUT2D eigenvalue weighted by Gasteiger charge is -2.38. The number of alkyl halides is 3. The molecule has 0 radical (unpaired) electrons. The Labute approximate surface area is 162 Å². The van der Waals surface area contributed by atoms with Crippen LogP contribution in [0.5, 0.6) is 0 Å². The Morgan fingerprint density at radius 1 is 1.14 bits per heavy atom. The highest BCUT2D eigenvalue weighted by Crippen LogP contribution is 2.30. The van der Waals surface area contributed by atoms with Crippen LogP contribution in [0.15, 0.2) is 48.5 Å². The molecule has 7 heteroatoms. The van der Waals surface area contributed by atoms with Gasteiger partial charge in [-0.25, -0.2) is 0 Å². The van der Waals surface area contributed by atoms with Crippen molar-refractivity contribution in [2.75, 3.05) is 32.1 Å². The summed E-state index contributed by atoms with van der Waals surface area (Å²) in [4.78, 5) is 15.7. The summed E-state index contributed by atoms with van der Waals surface area (Å²) in [6, 6.07) is 13.4. The third-order valence-electron chi connectivity index (χ3n) is 5.03. The first-order chi connectivity index (χ1) is 13.3. The van der Waals surface area contributed by atoms with E-state index in [1.807, 2.05) is 36.2 Å². The molecule has 1 aliphatic rings. The molecular weight excluding hydrogens is 367 g/mol. The molecule has 1 saturated heterocycles. The van der Waals surface area contributed by atoms with Gasteiger partial charge in [-0.1, -0.05) is 24.3 Å². The predicted octanol–water partition coefficient (Wildman–Crippen LogP) is 3.52. The van der Waals surface area contributed by atoms with Crippen LogP contribution in [-0.4, -0.2) is 38.0 Å². The molecule has 0 saturated carbocycles. The molecule has 0 spiro atoms. The van der Waals surface area contributed by atoms with E-state index in [1.54, 1.807) is 13.1 Å². The molecule has 4 nitrogen and oxygen atoms in total. The van der Waals surface area contributed by atoms with E-state index >= 15 is 0 Å². The summed E-state index contributed by atoms with van der Waals surface area (Å²) in [7, 11) is 3.51. The van der Waals surface area contributed by atoms with Crippen molar-refractivity contribution < 1.29 is 18.0 Å². The molecule has 150 valence electrons. The third kappa shape index (κ3) is 4.84. The minimum atomic E-state index is -4.33. The van der Waals surface area contributed by atoms with Gasteiger partial charge in [0.2, 0.25) is 5.91 Å². The van der Waals surface area contributed by atoms with Gasteiger partial charge in [-0.2, -0.15) is 13.2 Å². The number of likely N-dealkylation sites (tertiary alicyclic amines) is 1. The first-order valence-corrected chi connectivity index (χ1v) is 9.16. The molecular formula is C21H24F3N3O. The number of carbonyl (C=O) groups is 1. The average molecular weight is 391 g/mol. The number of carbonyl (C=O) groups excluding carboxylic acids is 1. The highest BCUT2D eigenvalue weighted by atomic mass is 19.4. The lowest BCUT2D eigenvalue weighted by atomic mass is 9.98. The zero-order valence-electron chi connectivity index (χ0n) is 16.0. The van der Waals surface area contributed by atoms with Crippen molar-refractivity contribution in [3.05, 3.63) is 65.2 Å². The van der Waals surface area contributed by atoms with Crippen LogP contribution >= 0.6 is 0 Å². The monoisotopic (exact) mass is 391 g/mol. The number of halogens is 3. The Bertz CT molecular complexity index is 814. The molecule has 0 atom stereocenters. The summed E-state index contributed by atoms with van der Waals surface area (Å²) in [6.45, 7) is 2.70. The molecule has 1 heterocycles. The Hall–Kier alpha value is -2.54. The lowest BCUT2D eigenvalue weighted by molar-refractivity contribution is -0.137. The van der Waals surface area contributed by atoms with Crippen molar-refractivity contribution in [2.45, 2.75) is 19.3 Å². The van der Waals surface area contributed by atoms with Gasteiger partial charge in [0, 0.05) is 46.0 Å². The van der Waals surface area contributed by atoms with Crippen LogP contribution in [0.3, 0.4) is 0 Å². The van der Waals surface area contributed by atoms with E-state index in [9.17, 15) is 18.0 Å². The van der Waals surface area contributed by atoms with E-state index < -0.39 is 11.7 Å². The van der Waals surface area contributed by atoms with Crippen molar-refractivity contribution in [1.29, 1.82) is 0 Å². The van der Waals surface area contributed by atoms with Gasteiger partial charge >= 0.3 is 6.18 Å². The Kier molecular flexibility index (Phi) is 5.93. The summed E-state index contributed by atoms with van der Waals surface area (Å²) in [6.07, 6.45) is -4.33. The van der Waals surface area contributed by atoms with E-state index in [0.717, 1.165) is 37.0 Å². The SMILES string of the molecule is CNC(=O)C1CN(Cc2ccc(N(C)Cc3cccc(C(F)(F)F)c3)cc2)C1. The van der Waals surface area contributed by atoms with Crippen molar-refractivity contribution in [2.24, 2.45) is 5.92 Å². The van der Waals surface area contributed by atoms with Crippen LogP contribution in [0.25, 0.3) is 0 Å². The highest BCUT2D eigenvalue weighted by molar-refractivity contribution is 5.79. The largest absolute Gasteiger partial charge is 0.416 e.